The van der Waals surface area contributed by atoms with Gasteiger partial charge in [-0.25, -0.2) is 13.2 Å². The summed E-state index contributed by atoms with van der Waals surface area (Å²) in [6, 6.07) is 10.0. The number of carbonyl (C=O) groups excluding carboxylic acids is 2. The highest BCUT2D eigenvalue weighted by molar-refractivity contribution is 5.99. The molecule has 7 nitrogen and oxygen atoms in total. The molecule has 4 bridgehead atoms. The number of nitrogens with zero attached hydrogens (tertiary/aromatic N) is 2. The number of hydrogen-bond donors (Lipinski definition) is 1. The molecule has 0 unspecified atom stereocenters. The Bertz CT molecular complexity index is 1500. The Morgan fingerprint density at radius 3 is 2.51 bits per heavy atom. The maximum atomic E-state index is 14.1. The summed E-state index contributed by atoms with van der Waals surface area (Å²) in [5, 5.41) is 2.37. The average Bonchev–Trinajstić information content (AvgIpc) is 3.29. The van der Waals surface area contributed by atoms with Crippen molar-refractivity contribution in [2.45, 2.75) is 38.5 Å². The van der Waals surface area contributed by atoms with Gasteiger partial charge in [0.25, 0.3) is 11.8 Å². The molecule has 1 aliphatic carbocycles. The summed E-state index contributed by atoms with van der Waals surface area (Å²) in [5.74, 6) is -4.13. The molecule has 1 aromatic heterocycles. The number of rotatable bonds is 6. The normalized spacial score (nSPS) is 21.4. The van der Waals surface area contributed by atoms with E-state index in [0.29, 0.717) is 31.1 Å². The van der Waals surface area contributed by atoms with E-state index < -0.39 is 40.9 Å². The van der Waals surface area contributed by atoms with Gasteiger partial charge in [0.05, 0.1) is 6.04 Å². The molecule has 0 radical (unpaired) electrons. The Labute approximate surface area is 222 Å². The van der Waals surface area contributed by atoms with Crippen LogP contribution in [-0.4, -0.2) is 34.4 Å². The van der Waals surface area contributed by atoms with E-state index >= 15 is 0 Å². The second-order valence-corrected chi connectivity index (χ2v) is 10.5. The van der Waals surface area contributed by atoms with Crippen molar-refractivity contribution in [2.75, 3.05) is 13.1 Å². The molecule has 2 aliphatic heterocycles. The lowest BCUT2D eigenvalue weighted by Gasteiger charge is -2.38. The smallest absolute Gasteiger partial charge is 0.274 e. The van der Waals surface area contributed by atoms with Crippen molar-refractivity contribution in [1.29, 1.82) is 0 Å². The zero-order valence-corrected chi connectivity index (χ0v) is 21.0. The second kappa shape index (κ2) is 9.91. The van der Waals surface area contributed by atoms with Gasteiger partial charge in [0.15, 0.2) is 11.4 Å². The van der Waals surface area contributed by atoms with Crippen molar-refractivity contribution in [2.24, 2.45) is 11.8 Å². The maximum absolute atomic E-state index is 14.1. The van der Waals surface area contributed by atoms with Gasteiger partial charge in [-0.1, -0.05) is 30.3 Å². The monoisotopic (exact) mass is 537 g/mol. The quantitative estimate of drug-likeness (QED) is 0.511. The number of carbonyl (C=O) groups is 2. The van der Waals surface area contributed by atoms with Gasteiger partial charge in [0.2, 0.25) is 5.43 Å². The molecule has 1 saturated heterocycles. The molecule has 1 saturated carbocycles. The molecule has 2 aromatic carbocycles. The summed E-state index contributed by atoms with van der Waals surface area (Å²) in [6.45, 7) is 0.499. The summed E-state index contributed by atoms with van der Waals surface area (Å²) in [5.41, 5.74) is -0.729. The van der Waals surface area contributed by atoms with E-state index in [1.807, 2.05) is 30.3 Å². The minimum atomic E-state index is -1.15. The molecule has 6 rings (SSSR count). The molecule has 2 amide bonds. The van der Waals surface area contributed by atoms with Gasteiger partial charge in [-0.15, -0.1) is 0 Å². The average molecular weight is 538 g/mol. The lowest BCUT2D eigenvalue weighted by Crippen LogP contribution is -2.47. The highest BCUT2D eigenvalue weighted by Crippen LogP contribution is 2.45. The van der Waals surface area contributed by atoms with Crippen LogP contribution >= 0.6 is 0 Å². The van der Waals surface area contributed by atoms with Crippen LogP contribution in [0.4, 0.5) is 13.2 Å². The van der Waals surface area contributed by atoms with E-state index in [-0.39, 0.29) is 41.5 Å². The van der Waals surface area contributed by atoms with Crippen molar-refractivity contribution in [3.8, 4) is 5.75 Å². The van der Waals surface area contributed by atoms with Gasteiger partial charge in [-0.3, -0.25) is 14.4 Å². The molecule has 3 heterocycles. The van der Waals surface area contributed by atoms with Gasteiger partial charge < -0.3 is 19.5 Å². The fourth-order valence-electron chi connectivity index (χ4n) is 6.13. The van der Waals surface area contributed by atoms with Gasteiger partial charge in [0.1, 0.15) is 29.6 Å². The van der Waals surface area contributed by atoms with Crippen LogP contribution in [0.15, 0.2) is 53.5 Å². The SMILES string of the molecule is O=C(NCc1c(F)cc(F)cc1F)c1cn2c(c(OCc3ccccc3)c1=O)C(=O)N1C[C@H]3CC[C@H](C3)[C@@H]2C1. The molecule has 3 aromatic rings. The Balaban J connectivity index is 1.40. The predicted molar refractivity (Wildman–Crippen MR) is 135 cm³/mol. The molecule has 0 spiro atoms. The Morgan fingerprint density at radius 1 is 1.03 bits per heavy atom. The minimum Gasteiger partial charge on any atom is -0.483 e. The lowest BCUT2D eigenvalue weighted by molar-refractivity contribution is 0.0620. The highest BCUT2D eigenvalue weighted by Gasteiger charge is 2.45. The summed E-state index contributed by atoms with van der Waals surface area (Å²) < 4.78 is 49.2. The van der Waals surface area contributed by atoms with Crippen LogP contribution in [-0.2, 0) is 13.2 Å². The first-order valence-electron chi connectivity index (χ1n) is 13.0. The summed E-state index contributed by atoms with van der Waals surface area (Å²) >= 11 is 0. The van der Waals surface area contributed by atoms with Crippen LogP contribution < -0.4 is 15.5 Å². The number of halogens is 3. The molecule has 39 heavy (non-hydrogen) atoms. The number of ether oxygens (including phenoxy) is 1. The molecule has 10 heteroatoms. The third-order valence-electron chi connectivity index (χ3n) is 8.05. The van der Waals surface area contributed by atoms with Gasteiger partial charge in [-0.2, -0.15) is 0 Å². The van der Waals surface area contributed by atoms with Crippen LogP contribution in [0.25, 0.3) is 0 Å². The first-order chi connectivity index (χ1) is 18.8. The number of fused-ring (bicyclic) bond motifs is 7. The number of benzene rings is 2. The second-order valence-electron chi connectivity index (χ2n) is 10.5. The predicted octanol–water partition coefficient (Wildman–Crippen LogP) is 4.20. The van der Waals surface area contributed by atoms with Crippen LogP contribution in [0.1, 0.15) is 57.3 Å². The van der Waals surface area contributed by atoms with Crippen molar-refractivity contribution in [3.05, 3.63) is 98.7 Å². The third kappa shape index (κ3) is 4.57. The van der Waals surface area contributed by atoms with Crippen molar-refractivity contribution in [1.82, 2.24) is 14.8 Å². The fraction of sp³-hybridized carbons (Fsp3) is 0.345. The summed E-state index contributed by atoms with van der Waals surface area (Å²) in [4.78, 5) is 42.2. The number of hydrogen-bond acceptors (Lipinski definition) is 4. The van der Waals surface area contributed by atoms with Crippen LogP contribution in [0, 0.1) is 29.3 Å². The van der Waals surface area contributed by atoms with Crippen LogP contribution in [0.5, 0.6) is 5.75 Å². The van der Waals surface area contributed by atoms with Gasteiger partial charge >= 0.3 is 0 Å². The lowest BCUT2D eigenvalue weighted by atomic mass is 9.95. The van der Waals surface area contributed by atoms with Crippen molar-refractivity contribution in [3.63, 3.8) is 0 Å². The number of pyridine rings is 1. The number of amides is 2. The van der Waals surface area contributed by atoms with E-state index in [4.69, 9.17) is 4.74 Å². The summed E-state index contributed by atoms with van der Waals surface area (Å²) in [6.07, 6.45) is 4.32. The van der Waals surface area contributed by atoms with E-state index in [1.54, 1.807) is 9.47 Å². The fourth-order valence-corrected chi connectivity index (χ4v) is 6.13. The van der Waals surface area contributed by atoms with Crippen LogP contribution in [0.3, 0.4) is 0 Å². The van der Waals surface area contributed by atoms with Crippen LogP contribution in [0.2, 0.25) is 0 Å². The molecule has 1 N–H and O–H groups in total. The first kappa shape index (κ1) is 25.2. The van der Waals surface area contributed by atoms with E-state index in [1.165, 1.54) is 6.20 Å². The minimum absolute atomic E-state index is 0.00412. The molecular weight excluding hydrogens is 511 g/mol. The van der Waals surface area contributed by atoms with E-state index in [0.717, 1.165) is 24.8 Å². The van der Waals surface area contributed by atoms with E-state index in [2.05, 4.69) is 5.32 Å². The summed E-state index contributed by atoms with van der Waals surface area (Å²) in [7, 11) is 0. The van der Waals surface area contributed by atoms with E-state index in [9.17, 15) is 27.6 Å². The van der Waals surface area contributed by atoms with Crippen molar-refractivity contribution >= 4 is 11.8 Å². The zero-order chi connectivity index (χ0) is 27.3. The topological polar surface area (TPSA) is 80.6 Å². The Morgan fingerprint density at radius 2 is 1.77 bits per heavy atom. The largest absolute Gasteiger partial charge is 0.483 e. The van der Waals surface area contributed by atoms with Gasteiger partial charge in [0, 0.05) is 43.5 Å². The number of nitrogens with one attached hydrogen (secondary N) is 1. The zero-order valence-electron chi connectivity index (χ0n) is 21.0. The molecule has 3 atom stereocenters. The molecule has 3 aliphatic rings. The standard InChI is InChI=1S/C29H26F3N3O4/c30-19-9-22(31)20(23(32)10-19)11-33-28(37)21-13-35-24-14-34(12-17-6-7-18(24)8-17)29(38)25(35)27(26(21)36)39-15-16-4-2-1-3-5-16/h1-5,9-10,13,17-18,24H,6-8,11-12,14-15H2,(H,33,37)/t17-,18+,24-/m0/s1. The third-order valence-corrected chi connectivity index (χ3v) is 8.05. The van der Waals surface area contributed by atoms with Gasteiger partial charge in [-0.05, 0) is 36.7 Å². The highest BCUT2D eigenvalue weighted by atomic mass is 19.1. The molecule has 202 valence electrons. The first-order valence-corrected chi connectivity index (χ1v) is 13.0. The Kier molecular flexibility index (Phi) is 6.40. The maximum Gasteiger partial charge on any atom is 0.274 e. The van der Waals surface area contributed by atoms with Crippen molar-refractivity contribution < 1.29 is 27.5 Å². The number of aromatic nitrogens is 1. The molecule has 2 fully saturated rings. The molecular formula is C29H26F3N3O4. The Hall–Kier alpha value is -4.08.